The molecule has 2 aromatic rings. The van der Waals surface area contributed by atoms with E-state index in [0.29, 0.717) is 12.5 Å². The highest BCUT2D eigenvalue weighted by molar-refractivity contribution is 14.0. The third-order valence-electron chi connectivity index (χ3n) is 3.13. The summed E-state index contributed by atoms with van der Waals surface area (Å²) >= 11 is 1.73. The number of nitrogens with zero attached hydrogens (tertiary/aromatic N) is 4. The Morgan fingerprint density at radius 1 is 1.48 bits per heavy atom. The Morgan fingerprint density at radius 3 is 2.86 bits per heavy atom. The molecule has 0 fully saturated rings. The predicted molar refractivity (Wildman–Crippen MR) is 97.4 cm³/mol. The van der Waals surface area contributed by atoms with E-state index < -0.39 is 0 Å². The average molecular weight is 420 g/mol. The summed E-state index contributed by atoms with van der Waals surface area (Å²) in [5.74, 6) is 2.10. The highest BCUT2D eigenvalue weighted by Crippen LogP contribution is 2.16. The molecular weight excluding hydrogens is 399 g/mol. The SMILES string of the molecule is CN=C(NCc1nncn1C)NCC(C)c1ccsc1.I. The number of hydrogen-bond donors (Lipinski definition) is 2. The first-order chi connectivity index (χ1) is 9.70. The summed E-state index contributed by atoms with van der Waals surface area (Å²) in [5, 5.41) is 18.7. The van der Waals surface area contributed by atoms with Crippen molar-refractivity contribution in [2.24, 2.45) is 12.0 Å². The summed E-state index contributed by atoms with van der Waals surface area (Å²) in [6, 6.07) is 2.16. The molecular formula is C13H21IN6S. The van der Waals surface area contributed by atoms with Gasteiger partial charge in [0.15, 0.2) is 11.8 Å². The average Bonchev–Trinajstić information content (AvgIpc) is 3.10. The van der Waals surface area contributed by atoms with Crippen LogP contribution in [-0.2, 0) is 13.6 Å². The van der Waals surface area contributed by atoms with Crippen molar-refractivity contribution >= 4 is 41.3 Å². The zero-order valence-electron chi connectivity index (χ0n) is 12.4. The summed E-state index contributed by atoms with van der Waals surface area (Å²) < 4.78 is 1.88. The molecule has 21 heavy (non-hydrogen) atoms. The van der Waals surface area contributed by atoms with E-state index >= 15 is 0 Å². The molecule has 0 amide bonds. The second-order valence-electron chi connectivity index (χ2n) is 4.62. The highest BCUT2D eigenvalue weighted by atomic mass is 127. The maximum absolute atomic E-state index is 4.21. The van der Waals surface area contributed by atoms with Crippen molar-refractivity contribution in [1.82, 2.24) is 25.4 Å². The Morgan fingerprint density at radius 2 is 2.29 bits per heavy atom. The second-order valence-corrected chi connectivity index (χ2v) is 5.40. The number of halogens is 1. The van der Waals surface area contributed by atoms with Gasteiger partial charge in [0.1, 0.15) is 6.33 Å². The molecule has 0 spiro atoms. The van der Waals surface area contributed by atoms with Gasteiger partial charge in [0, 0.05) is 20.6 Å². The van der Waals surface area contributed by atoms with E-state index in [9.17, 15) is 0 Å². The predicted octanol–water partition coefficient (Wildman–Crippen LogP) is 1.96. The van der Waals surface area contributed by atoms with Gasteiger partial charge in [0.05, 0.1) is 6.54 Å². The van der Waals surface area contributed by atoms with Gasteiger partial charge in [0.2, 0.25) is 0 Å². The van der Waals surface area contributed by atoms with E-state index in [-0.39, 0.29) is 24.0 Å². The summed E-state index contributed by atoms with van der Waals surface area (Å²) in [5.41, 5.74) is 1.35. The quantitative estimate of drug-likeness (QED) is 0.441. The van der Waals surface area contributed by atoms with Gasteiger partial charge in [-0.25, -0.2) is 0 Å². The first kappa shape index (κ1) is 17.9. The van der Waals surface area contributed by atoms with Crippen molar-refractivity contribution in [1.29, 1.82) is 0 Å². The van der Waals surface area contributed by atoms with Gasteiger partial charge < -0.3 is 15.2 Å². The van der Waals surface area contributed by atoms with Gasteiger partial charge in [-0.1, -0.05) is 6.92 Å². The van der Waals surface area contributed by atoms with Crippen molar-refractivity contribution in [3.8, 4) is 0 Å². The molecule has 0 saturated heterocycles. The summed E-state index contributed by atoms with van der Waals surface area (Å²) in [7, 11) is 3.69. The molecule has 1 unspecified atom stereocenters. The number of aromatic nitrogens is 3. The third kappa shape index (κ3) is 5.27. The van der Waals surface area contributed by atoms with Crippen LogP contribution in [0, 0.1) is 0 Å². The molecule has 0 aliphatic rings. The molecule has 6 nitrogen and oxygen atoms in total. The molecule has 0 aliphatic heterocycles. The van der Waals surface area contributed by atoms with Crippen LogP contribution < -0.4 is 10.6 Å². The van der Waals surface area contributed by atoms with Crippen LogP contribution in [0.2, 0.25) is 0 Å². The van der Waals surface area contributed by atoms with Crippen molar-refractivity contribution in [2.75, 3.05) is 13.6 Å². The fourth-order valence-corrected chi connectivity index (χ4v) is 2.56. The minimum Gasteiger partial charge on any atom is -0.356 e. The van der Waals surface area contributed by atoms with Crippen LogP contribution in [0.4, 0.5) is 0 Å². The summed E-state index contributed by atoms with van der Waals surface area (Å²) in [6.07, 6.45) is 1.69. The first-order valence-electron chi connectivity index (χ1n) is 6.50. The minimum absolute atomic E-state index is 0. The molecule has 2 heterocycles. The van der Waals surface area contributed by atoms with Crippen LogP contribution >= 0.6 is 35.3 Å². The molecule has 1 atom stereocenters. The minimum atomic E-state index is 0. The maximum Gasteiger partial charge on any atom is 0.191 e. The zero-order chi connectivity index (χ0) is 14.4. The van der Waals surface area contributed by atoms with Gasteiger partial charge in [0.25, 0.3) is 0 Å². The number of thiophene rings is 1. The van der Waals surface area contributed by atoms with Crippen molar-refractivity contribution < 1.29 is 0 Å². The van der Waals surface area contributed by atoms with E-state index in [1.54, 1.807) is 24.7 Å². The molecule has 0 aromatic carbocycles. The fraction of sp³-hybridized carbons (Fsp3) is 0.462. The molecule has 0 radical (unpaired) electrons. The topological polar surface area (TPSA) is 67.1 Å². The molecule has 0 bridgehead atoms. The van der Waals surface area contributed by atoms with E-state index in [1.165, 1.54) is 5.56 Å². The Labute approximate surface area is 146 Å². The van der Waals surface area contributed by atoms with E-state index in [2.05, 4.69) is 49.6 Å². The smallest absolute Gasteiger partial charge is 0.191 e. The standard InChI is InChI=1S/C13H20N6S.HI/c1-10(11-4-5-20-8-11)6-15-13(14-2)16-7-12-18-17-9-19(12)3;/h4-5,8-10H,6-7H2,1-3H3,(H2,14,15,16);1H. The Kier molecular flexibility index (Phi) is 7.65. The highest BCUT2D eigenvalue weighted by Gasteiger charge is 2.07. The van der Waals surface area contributed by atoms with E-state index in [1.807, 2.05) is 11.6 Å². The molecule has 2 N–H and O–H groups in total. The summed E-state index contributed by atoms with van der Waals surface area (Å²) in [4.78, 5) is 4.21. The Balaban J connectivity index is 0.00000220. The summed E-state index contributed by atoms with van der Waals surface area (Å²) in [6.45, 7) is 3.64. The fourth-order valence-electron chi connectivity index (χ4n) is 1.77. The molecule has 2 rings (SSSR count). The van der Waals surface area contributed by atoms with Gasteiger partial charge in [-0.15, -0.1) is 34.2 Å². The zero-order valence-corrected chi connectivity index (χ0v) is 15.6. The lowest BCUT2D eigenvalue weighted by Crippen LogP contribution is -2.39. The number of hydrogen-bond acceptors (Lipinski definition) is 4. The lowest BCUT2D eigenvalue weighted by molar-refractivity contribution is 0.685. The van der Waals surface area contributed by atoms with Gasteiger partial charge in [-0.05, 0) is 28.3 Å². The van der Waals surface area contributed by atoms with Gasteiger partial charge in [-0.3, -0.25) is 4.99 Å². The number of nitrogens with one attached hydrogen (secondary N) is 2. The van der Waals surface area contributed by atoms with Crippen LogP contribution in [0.3, 0.4) is 0 Å². The van der Waals surface area contributed by atoms with Crippen LogP contribution in [0.25, 0.3) is 0 Å². The van der Waals surface area contributed by atoms with Crippen LogP contribution in [-0.4, -0.2) is 34.3 Å². The van der Waals surface area contributed by atoms with Crippen LogP contribution in [0.1, 0.15) is 24.2 Å². The second kappa shape index (κ2) is 8.98. The number of rotatable bonds is 5. The number of aliphatic imine (C=N–C) groups is 1. The lowest BCUT2D eigenvalue weighted by Gasteiger charge is -2.15. The van der Waals surface area contributed by atoms with E-state index in [4.69, 9.17) is 0 Å². The Hall–Kier alpha value is -1.16. The normalized spacial score (nSPS) is 12.6. The molecule has 2 aromatic heterocycles. The van der Waals surface area contributed by atoms with Crippen molar-refractivity contribution in [3.05, 3.63) is 34.5 Å². The van der Waals surface area contributed by atoms with Gasteiger partial charge >= 0.3 is 0 Å². The molecule has 0 saturated carbocycles. The molecule has 0 aliphatic carbocycles. The largest absolute Gasteiger partial charge is 0.356 e. The third-order valence-corrected chi connectivity index (χ3v) is 3.83. The maximum atomic E-state index is 4.21. The van der Waals surface area contributed by atoms with Crippen LogP contribution in [0.5, 0.6) is 0 Å². The van der Waals surface area contributed by atoms with Crippen molar-refractivity contribution in [2.45, 2.75) is 19.4 Å². The number of aryl methyl sites for hydroxylation is 1. The molecule has 116 valence electrons. The van der Waals surface area contributed by atoms with Gasteiger partial charge in [-0.2, -0.15) is 11.3 Å². The first-order valence-corrected chi connectivity index (χ1v) is 7.44. The monoisotopic (exact) mass is 420 g/mol. The Bertz CT molecular complexity index is 551. The molecule has 8 heteroatoms. The number of guanidine groups is 1. The lowest BCUT2D eigenvalue weighted by atomic mass is 10.1. The van der Waals surface area contributed by atoms with E-state index in [0.717, 1.165) is 18.3 Å². The van der Waals surface area contributed by atoms with Crippen LogP contribution in [0.15, 0.2) is 28.1 Å². The van der Waals surface area contributed by atoms with Crippen molar-refractivity contribution in [3.63, 3.8) is 0 Å².